The van der Waals surface area contributed by atoms with Crippen molar-refractivity contribution in [1.29, 1.82) is 0 Å². The Hall–Kier alpha value is -2.87. The molecule has 8 heteroatoms. The van der Waals surface area contributed by atoms with Gasteiger partial charge in [0.1, 0.15) is 0 Å². The van der Waals surface area contributed by atoms with E-state index in [0.29, 0.717) is 22.9 Å². The number of fused-ring (bicyclic) bond motifs is 1. The molecule has 1 atom stereocenters. The smallest absolute Gasteiger partial charge is 0.237 e. The van der Waals surface area contributed by atoms with Crippen LogP contribution in [0.4, 0.5) is 17.1 Å². The molecule has 2 aromatic rings. The summed E-state index contributed by atoms with van der Waals surface area (Å²) in [5.74, 6) is 0.858. The van der Waals surface area contributed by atoms with Crippen LogP contribution in [0, 0.1) is 6.92 Å². The zero-order chi connectivity index (χ0) is 19.4. The van der Waals surface area contributed by atoms with Crippen LogP contribution in [0.5, 0.6) is 11.5 Å². The summed E-state index contributed by atoms with van der Waals surface area (Å²) in [6.45, 7) is 3.85. The Morgan fingerprint density at radius 3 is 2.52 bits per heavy atom. The highest BCUT2D eigenvalue weighted by atomic mass is 32.2. The highest BCUT2D eigenvalue weighted by molar-refractivity contribution is 8.01. The standard InChI is InChI=1S/C19H21N3O4S/c1-11-3-5-13(6-4-11)21-18(23)9-27-12(2)19(24)22-15-8-17-16(7-14(15)20)25-10-26-17/h3-8,12H,9-10,20H2,1-2H3,(H,21,23)(H,22,24). The summed E-state index contributed by atoms with van der Waals surface area (Å²) in [7, 11) is 0. The van der Waals surface area contributed by atoms with E-state index < -0.39 is 5.25 Å². The predicted octanol–water partition coefficient (Wildman–Crippen LogP) is 3.00. The van der Waals surface area contributed by atoms with Crippen LogP contribution < -0.4 is 25.8 Å². The number of benzene rings is 2. The molecule has 2 amide bonds. The Morgan fingerprint density at radius 2 is 1.81 bits per heavy atom. The second-order valence-corrected chi connectivity index (χ2v) is 7.48. The first-order valence-electron chi connectivity index (χ1n) is 8.40. The Labute approximate surface area is 161 Å². The van der Waals surface area contributed by atoms with E-state index in [4.69, 9.17) is 15.2 Å². The number of hydrogen-bond donors (Lipinski definition) is 3. The predicted molar refractivity (Wildman–Crippen MR) is 107 cm³/mol. The molecule has 1 unspecified atom stereocenters. The summed E-state index contributed by atoms with van der Waals surface area (Å²) in [5.41, 5.74) is 8.64. The van der Waals surface area contributed by atoms with Gasteiger partial charge in [-0.05, 0) is 26.0 Å². The average Bonchev–Trinajstić information content (AvgIpc) is 3.09. The summed E-state index contributed by atoms with van der Waals surface area (Å²) in [5, 5.41) is 5.14. The average molecular weight is 387 g/mol. The lowest BCUT2D eigenvalue weighted by atomic mass is 10.2. The van der Waals surface area contributed by atoms with Crippen LogP contribution in [-0.4, -0.2) is 29.6 Å². The van der Waals surface area contributed by atoms with Crippen LogP contribution in [0.2, 0.25) is 0 Å². The van der Waals surface area contributed by atoms with Crippen LogP contribution in [0.3, 0.4) is 0 Å². The van der Waals surface area contributed by atoms with Gasteiger partial charge in [0.2, 0.25) is 18.6 Å². The largest absolute Gasteiger partial charge is 0.454 e. The molecule has 0 bridgehead atoms. The van der Waals surface area contributed by atoms with Gasteiger partial charge in [-0.3, -0.25) is 9.59 Å². The molecule has 4 N–H and O–H groups in total. The number of thioether (sulfide) groups is 1. The van der Waals surface area contributed by atoms with E-state index in [9.17, 15) is 9.59 Å². The molecule has 1 heterocycles. The van der Waals surface area contributed by atoms with E-state index in [0.717, 1.165) is 11.3 Å². The molecule has 0 aliphatic carbocycles. The Morgan fingerprint density at radius 1 is 1.15 bits per heavy atom. The molecule has 0 saturated heterocycles. The van der Waals surface area contributed by atoms with E-state index in [1.807, 2.05) is 31.2 Å². The van der Waals surface area contributed by atoms with E-state index in [1.165, 1.54) is 11.8 Å². The third-order valence-corrected chi connectivity index (χ3v) is 5.11. The van der Waals surface area contributed by atoms with Crippen molar-refractivity contribution in [2.45, 2.75) is 19.1 Å². The van der Waals surface area contributed by atoms with Crippen LogP contribution in [0.25, 0.3) is 0 Å². The first-order chi connectivity index (χ1) is 12.9. The number of ether oxygens (including phenoxy) is 2. The lowest BCUT2D eigenvalue weighted by molar-refractivity contribution is -0.115. The molecule has 27 heavy (non-hydrogen) atoms. The SMILES string of the molecule is Cc1ccc(NC(=O)CSC(C)C(=O)Nc2cc3c(cc2N)OCO3)cc1. The number of amides is 2. The van der Waals surface area contributed by atoms with E-state index >= 15 is 0 Å². The fraction of sp³-hybridized carbons (Fsp3) is 0.263. The molecule has 3 rings (SSSR count). The second kappa shape index (κ2) is 8.22. The fourth-order valence-electron chi connectivity index (χ4n) is 2.41. The molecule has 1 aliphatic rings. The minimum Gasteiger partial charge on any atom is -0.454 e. The molecule has 2 aromatic carbocycles. The van der Waals surface area contributed by atoms with Crippen molar-refractivity contribution in [1.82, 2.24) is 0 Å². The Bertz CT molecular complexity index is 855. The van der Waals surface area contributed by atoms with Gasteiger partial charge in [0.05, 0.1) is 22.4 Å². The molecule has 0 spiro atoms. The highest BCUT2D eigenvalue weighted by Crippen LogP contribution is 2.38. The van der Waals surface area contributed by atoms with Gasteiger partial charge in [-0.1, -0.05) is 17.7 Å². The molecule has 142 valence electrons. The van der Waals surface area contributed by atoms with E-state index in [2.05, 4.69) is 10.6 Å². The number of nitrogens with one attached hydrogen (secondary N) is 2. The molecule has 0 saturated carbocycles. The molecule has 0 radical (unpaired) electrons. The van der Waals surface area contributed by atoms with Gasteiger partial charge in [0, 0.05) is 17.8 Å². The van der Waals surface area contributed by atoms with Crippen molar-refractivity contribution in [2.75, 3.05) is 28.9 Å². The summed E-state index contributed by atoms with van der Waals surface area (Å²) in [6.07, 6.45) is 0. The number of hydrogen-bond acceptors (Lipinski definition) is 6. The van der Waals surface area contributed by atoms with Crippen molar-refractivity contribution in [3.63, 3.8) is 0 Å². The quantitative estimate of drug-likeness (QED) is 0.659. The summed E-state index contributed by atoms with van der Waals surface area (Å²) >= 11 is 1.24. The van der Waals surface area contributed by atoms with Crippen LogP contribution in [-0.2, 0) is 9.59 Å². The highest BCUT2D eigenvalue weighted by Gasteiger charge is 2.20. The summed E-state index contributed by atoms with van der Waals surface area (Å²) < 4.78 is 10.5. The van der Waals surface area contributed by atoms with Crippen molar-refractivity contribution in [3.05, 3.63) is 42.0 Å². The van der Waals surface area contributed by atoms with Gasteiger partial charge in [0.15, 0.2) is 11.5 Å². The van der Waals surface area contributed by atoms with E-state index in [-0.39, 0.29) is 24.4 Å². The van der Waals surface area contributed by atoms with Crippen LogP contribution >= 0.6 is 11.8 Å². The minimum atomic E-state index is -0.432. The van der Waals surface area contributed by atoms with Crippen LogP contribution in [0.1, 0.15) is 12.5 Å². The van der Waals surface area contributed by atoms with Crippen LogP contribution in [0.15, 0.2) is 36.4 Å². The lowest BCUT2D eigenvalue weighted by Crippen LogP contribution is -2.25. The Balaban J connectivity index is 1.50. The number of rotatable bonds is 6. The number of nitrogens with two attached hydrogens (primary N) is 1. The first kappa shape index (κ1) is 18.9. The first-order valence-corrected chi connectivity index (χ1v) is 9.45. The molecule has 0 aromatic heterocycles. The maximum atomic E-state index is 12.4. The maximum Gasteiger partial charge on any atom is 0.237 e. The zero-order valence-corrected chi connectivity index (χ0v) is 15.9. The van der Waals surface area contributed by atoms with Gasteiger partial charge >= 0.3 is 0 Å². The van der Waals surface area contributed by atoms with Gasteiger partial charge < -0.3 is 25.8 Å². The fourth-order valence-corrected chi connectivity index (χ4v) is 3.09. The van der Waals surface area contributed by atoms with Gasteiger partial charge in [-0.25, -0.2) is 0 Å². The second-order valence-electron chi connectivity index (χ2n) is 6.15. The zero-order valence-electron chi connectivity index (χ0n) is 15.1. The number of carbonyl (C=O) groups excluding carboxylic acids is 2. The number of carbonyl (C=O) groups is 2. The van der Waals surface area contributed by atoms with Crippen molar-refractivity contribution in [2.24, 2.45) is 0 Å². The molecule has 1 aliphatic heterocycles. The van der Waals surface area contributed by atoms with Gasteiger partial charge in [0.25, 0.3) is 0 Å². The van der Waals surface area contributed by atoms with Crippen molar-refractivity contribution in [3.8, 4) is 11.5 Å². The summed E-state index contributed by atoms with van der Waals surface area (Å²) in [6, 6.07) is 10.8. The topological polar surface area (TPSA) is 103 Å². The monoisotopic (exact) mass is 387 g/mol. The molecule has 0 fully saturated rings. The number of nitrogen functional groups attached to an aromatic ring is 1. The molecular formula is C19H21N3O4S. The van der Waals surface area contributed by atoms with Gasteiger partial charge in [-0.2, -0.15) is 0 Å². The lowest BCUT2D eigenvalue weighted by Gasteiger charge is -2.14. The van der Waals surface area contributed by atoms with Crippen molar-refractivity contribution < 1.29 is 19.1 Å². The Kier molecular flexibility index (Phi) is 5.75. The maximum absolute atomic E-state index is 12.4. The molecular weight excluding hydrogens is 366 g/mol. The third kappa shape index (κ3) is 4.85. The number of aryl methyl sites for hydroxylation is 1. The van der Waals surface area contributed by atoms with E-state index in [1.54, 1.807) is 19.1 Å². The molecule has 7 nitrogen and oxygen atoms in total. The summed E-state index contributed by atoms with van der Waals surface area (Å²) in [4.78, 5) is 24.4. The van der Waals surface area contributed by atoms with Gasteiger partial charge in [-0.15, -0.1) is 11.8 Å². The third-order valence-electron chi connectivity index (χ3n) is 3.97. The van der Waals surface area contributed by atoms with Crippen molar-refractivity contribution >= 4 is 40.6 Å². The minimum absolute atomic E-state index is 0.133. The normalized spacial score (nSPS) is 13.1. The number of anilines is 3.